The molecular formula is C20H19IO8. The van der Waals surface area contributed by atoms with Gasteiger partial charge in [-0.15, -0.1) is 0 Å². The lowest BCUT2D eigenvalue weighted by Crippen LogP contribution is -2.09. The molecule has 0 radical (unpaired) electrons. The molecule has 0 spiro atoms. The van der Waals surface area contributed by atoms with Crippen molar-refractivity contribution in [3.05, 3.63) is 32.0 Å². The molecule has 8 nitrogen and oxygen atoms in total. The van der Waals surface area contributed by atoms with Gasteiger partial charge in [-0.25, -0.2) is 0 Å². The number of ether oxygens (including phenoxy) is 5. The Labute approximate surface area is 180 Å². The Balaban J connectivity index is 2.48. The first-order chi connectivity index (χ1) is 13.9. The summed E-state index contributed by atoms with van der Waals surface area (Å²) in [6.07, 6.45) is 0. The lowest BCUT2D eigenvalue weighted by molar-refractivity contribution is 0.310. The summed E-state index contributed by atoms with van der Waals surface area (Å²) in [5.74, 6) is 0.530. The molecule has 0 atom stereocenters. The number of methoxy groups -OCH3 is 5. The predicted octanol–water partition coefficient (Wildman–Crippen LogP) is 3.81. The maximum Gasteiger partial charge on any atom is 0.239 e. The highest BCUT2D eigenvalue weighted by Gasteiger charge is 2.29. The van der Waals surface area contributed by atoms with Gasteiger partial charge >= 0.3 is 0 Å². The first-order valence-electron chi connectivity index (χ1n) is 8.32. The molecule has 0 aliphatic heterocycles. The minimum Gasteiger partial charge on any atom is -0.504 e. The second kappa shape index (κ2) is 8.27. The summed E-state index contributed by atoms with van der Waals surface area (Å²) in [6, 6.07) is 5.28. The Morgan fingerprint density at radius 2 is 1.48 bits per heavy atom. The summed E-state index contributed by atoms with van der Waals surface area (Å²) >= 11 is 2.12. The predicted molar refractivity (Wildman–Crippen MR) is 115 cm³/mol. The fourth-order valence-electron chi connectivity index (χ4n) is 3.06. The first-order valence-corrected chi connectivity index (χ1v) is 9.40. The van der Waals surface area contributed by atoms with Gasteiger partial charge in [0.05, 0.1) is 39.1 Å². The monoisotopic (exact) mass is 514 g/mol. The Hall–Kier alpha value is -2.82. The number of hydrogen-bond donors (Lipinski definition) is 1. The van der Waals surface area contributed by atoms with Crippen LogP contribution in [0.4, 0.5) is 0 Å². The Morgan fingerprint density at radius 3 is 2.00 bits per heavy atom. The Kier molecular flexibility index (Phi) is 5.96. The minimum absolute atomic E-state index is 0.00859. The van der Waals surface area contributed by atoms with Crippen molar-refractivity contribution in [2.24, 2.45) is 0 Å². The van der Waals surface area contributed by atoms with E-state index in [0.29, 0.717) is 11.3 Å². The SMILES string of the molecule is COc1ccc(-c2oc3c(OC)c(OC)c(OC)c(O)c3c(=O)c2OC)cc1I. The van der Waals surface area contributed by atoms with Crippen LogP contribution in [-0.4, -0.2) is 40.7 Å². The second-order valence-corrected chi connectivity index (χ2v) is 6.96. The number of rotatable bonds is 6. The van der Waals surface area contributed by atoms with E-state index in [-0.39, 0.29) is 39.7 Å². The molecule has 0 saturated heterocycles. The van der Waals surface area contributed by atoms with Crippen molar-refractivity contribution in [2.75, 3.05) is 35.5 Å². The minimum atomic E-state index is -0.577. The van der Waals surface area contributed by atoms with E-state index in [0.717, 1.165) is 3.57 Å². The number of benzene rings is 2. The van der Waals surface area contributed by atoms with Crippen molar-refractivity contribution in [2.45, 2.75) is 0 Å². The average molecular weight is 514 g/mol. The summed E-state index contributed by atoms with van der Waals surface area (Å²) in [4.78, 5) is 13.2. The summed E-state index contributed by atoms with van der Waals surface area (Å²) in [5.41, 5.74) is 0.0167. The Morgan fingerprint density at radius 1 is 0.862 bits per heavy atom. The fourth-order valence-corrected chi connectivity index (χ4v) is 3.80. The van der Waals surface area contributed by atoms with Crippen LogP contribution < -0.4 is 29.1 Å². The molecule has 29 heavy (non-hydrogen) atoms. The van der Waals surface area contributed by atoms with E-state index in [1.54, 1.807) is 25.3 Å². The fraction of sp³-hybridized carbons (Fsp3) is 0.250. The van der Waals surface area contributed by atoms with Gasteiger partial charge in [-0.05, 0) is 40.8 Å². The molecule has 0 bridgehead atoms. The van der Waals surface area contributed by atoms with Gasteiger partial charge in [0.25, 0.3) is 0 Å². The number of halogens is 1. The van der Waals surface area contributed by atoms with Crippen LogP contribution in [0.5, 0.6) is 34.5 Å². The molecule has 0 aliphatic rings. The average Bonchev–Trinajstić information content (AvgIpc) is 2.72. The summed E-state index contributed by atoms with van der Waals surface area (Å²) in [5, 5.41) is 10.5. The smallest absolute Gasteiger partial charge is 0.239 e. The van der Waals surface area contributed by atoms with Crippen LogP contribution in [0, 0.1) is 3.57 Å². The van der Waals surface area contributed by atoms with E-state index < -0.39 is 11.2 Å². The number of fused-ring (bicyclic) bond motifs is 1. The van der Waals surface area contributed by atoms with Gasteiger partial charge in [-0.3, -0.25) is 4.79 Å². The molecule has 0 unspecified atom stereocenters. The van der Waals surface area contributed by atoms with Crippen LogP contribution in [0.2, 0.25) is 0 Å². The van der Waals surface area contributed by atoms with Crippen molar-refractivity contribution in [3.8, 4) is 45.8 Å². The quantitative estimate of drug-likeness (QED) is 0.497. The van der Waals surface area contributed by atoms with E-state index in [1.165, 1.54) is 28.4 Å². The molecule has 154 valence electrons. The van der Waals surface area contributed by atoms with E-state index in [4.69, 9.17) is 28.1 Å². The molecule has 3 aromatic rings. The molecule has 0 saturated carbocycles. The van der Waals surface area contributed by atoms with E-state index >= 15 is 0 Å². The van der Waals surface area contributed by atoms with Gasteiger partial charge in [0.1, 0.15) is 11.1 Å². The van der Waals surface area contributed by atoms with Crippen LogP contribution in [0.1, 0.15) is 0 Å². The van der Waals surface area contributed by atoms with Crippen LogP contribution in [0.15, 0.2) is 27.4 Å². The van der Waals surface area contributed by atoms with Crippen molar-refractivity contribution < 1.29 is 33.2 Å². The largest absolute Gasteiger partial charge is 0.504 e. The lowest BCUT2D eigenvalue weighted by Gasteiger charge is -2.17. The highest BCUT2D eigenvalue weighted by atomic mass is 127. The van der Waals surface area contributed by atoms with Gasteiger partial charge in [0.2, 0.25) is 28.4 Å². The van der Waals surface area contributed by atoms with Crippen LogP contribution in [-0.2, 0) is 0 Å². The molecule has 1 heterocycles. The van der Waals surface area contributed by atoms with Gasteiger partial charge in [0.15, 0.2) is 17.1 Å². The highest BCUT2D eigenvalue weighted by molar-refractivity contribution is 14.1. The molecule has 0 aliphatic carbocycles. The molecule has 0 amide bonds. The van der Waals surface area contributed by atoms with Crippen molar-refractivity contribution in [1.82, 2.24) is 0 Å². The van der Waals surface area contributed by atoms with Crippen LogP contribution in [0.3, 0.4) is 0 Å². The van der Waals surface area contributed by atoms with Crippen molar-refractivity contribution in [3.63, 3.8) is 0 Å². The van der Waals surface area contributed by atoms with E-state index in [1.807, 2.05) is 0 Å². The third-order valence-electron chi connectivity index (χ3n) is 4.37. The number of phenols is 1. The standard InChI is InChI=1S/C20H19IO8/c1-24-11-7-6-9(8-10(11)21)15-17(25-2)13(22)12-14(23)18(26-3)20(28-5)19(27-4)16(12)29-15/h6-8,23H,1-5H3. The van der Waals surface area contributed by atoms with Crippen LogP contribution >= 0.6 is 22.6 Å². The first kappa shape index (κ1) is 20.9. The Bertz CT molecular complexity index is 1140. The molecular weight excluding hydrogens is 495 g/mol. The summed E-state index contributed by atoms with van der Waals surface area (Å²) < 4.78 is 33.4. The van der Waals surface area contributed by atoms with E-state index in [9.17, 15) is 9.90 Å². The normalized spacial score (nSPS) is 10.7. The van der Waals surface area contributed by atoms with Crippen molar-refractivity contribution >= 4 is 33.6 Å². The number of aromatic hydroxyl groups is 1. The number of hydrogen-bond acceptors (Lipinski definition) is 8. The van der Waals surface area contributed by atoms with Gasteiger partial charge < -0.3 is 33.2 Å². The maximum absolute atomic E-state index is 13.2. The zero-order valence-corrected chi connectivity index (χ0v) is 18.6. The highest BCUT2D eigenvalue weighted by Crippen LogP contribution is 2.51. The second-order valence-electron chi connectivity index (χ2n) is 5.80. The van der Waals surface area contributed by atoms with Crippen LogP contribution in [0.25, 0.3) is 22.3 Å². The zero-order valence-electron chi connectivity index (χ0n) is 16.4. The van der Waals surface area contributed by atoms with Gasteiger partial charge in [-0.1, -0.05) is 0 Å². The third kappa shape index (κ3) is 3.28. The molecule has 1 aromatic heterocycles. The molecule has 9 heteroatoms. The number of phenolic OH excluding ortho intramolecular Hbond substituents is 1. The lowest BCUT2D eigenvalue weighted by atomic mass is 10.1. The molecule has 0 fully saturated rings. The van der Waals surface area contributed by atoms with Crippen molar-refractivity contribution in [1.29, 1.82) is 0 Å². The van der Waals surface area contributed by atoms with Gasteiger partial charge in [-0.2, -0.15) is 0 Å². The molecule has 1 N–H and O–H groups in total. The third-order valence-corrected chi connectivity index (χ3v) is 5.21. The topological polar surface area (TPSA) is 96.6 Å². The maximum atomic E-state index is 13.2. The summed E-state index contributed by atoms with van der Waals surface area (Å²) in [6.45, 7) is 0. The molecule has 3 rings (SSSR count). The van der Waals surface area contributed by atoms with Gasteiger partial charge in [0, 0.05) is 5.56 Å². The zero-order chi connectivity index (χ0) is 21.3. The summed E-state index contributed by atoms with van der Waals surface area (Å²) in [7, 11) is 7.05. The van der Waals surface area contributed by atoms with E-state index in [2.05, 4.69) is 22.6 Å². The molecule has 2 aromatic carbocycles.